The largest absolute Gasteiger partial charge is 0.338 e. The Hall–Kier alpha value is -1.34. The lowest BCUT2D eigenvalue weighted by Crippen LogP contribution is -2.30. The summed E-state index contributed by atoms with van der Waals surface area (Å²) in [5.74, 6) is -0.0483. The van der Waals surface area contributed by atoms with Crippen molar-refractivity contribution < 1.29 is 4.79 Å². The SMILES string of the molecule is CN(Cc1c(Cl)cnn1C)C(=O)Cn1cc(Br)cn1. The number of halogens is 2. The molecule has 0 radical (unpaired) electrons. The van der Waals surface area contributed by atoms with Crippen LogP contribution in [0.4, 0.5) is 0 Å². The molecular formula is C11H13BrClN5O. The molecule has 0 unspecified atom stereocenters. The minimum atomic E-state index is -0.0483. The molecule has 0 fully saturated rings. The summed E-state index contributed by atoms with van der Waals surface area (Å²) in [4.78, 5) is 13.6. The summed E-state index contributed by atoms with van der Waals surface area (Å²) in [7, 11) is 3.52. The Morgan fingerprint density at radius 2 is 2.21 bits per heavy atom. The van der Waals surface area contributed by atoms with Gasteiger partial charge in [0, 0.05) is 20.3 Å². The fourth-order valence-electron chi connectivity index (χ4n) is 1.61. The summed E-state index contributed by atoms with van der Waals surface area (Å²) in [5, 5.41) is 8.65. The zero-order chi connectivity index (χ0) is 14.0. The highest BCUT2D eigenvalue weighted by atomic mass is 79.9. The molecule has 8 heteroatoms. The number of likely N-dealkylation sites (N-methyl/N-ethyl adjacent to an activating group) is 1. The molecule has 2 heterocycles. The van der Waals surface area contributed by atoms with Crippen LogP contribution in [-0.2, 0) is 24.9 Å². The Balaban J connectivity index is 2.00. The summed E-state index contributed by atoms with van der Waals surface area (Å²) >= 11 is 9.30. The van der Waals surface area contributed by atoms with Crippen LogP contribution in [0.5, 0.6) is 0 Å². The van der Waals surface area contributed by atoms with Crippen LogP contribution in [-0.4, -0.2) is 37.4 Å². The topological polar surface area (TPSA) is 56.0 Å². The van der Waals surface area contributed by atoms with Gasteiger partial charge in [-0.3, -0.25) is 14.2 Å². The van der Waals surface area contributed by atoms with E-state index in [4.69, 9.17) is 11.6 Å². The monoisotopic (exact) mass is 345 g/mol. The lowest BCUT2D eigenvalue weighted by atomic mass is 10.4. The average molecular weight is 347 g/mol. The molecule has 0 bridgehead atoms. The van der Waals surface area contributed by atoms with Gasteiger partial charge in [0.1, 0.15) is 6.54 Å². The van der Waals surface area contributed by atoms with Gasteiger partial charge in [-0.2, -0.15) is 10.2 Å². The third kappa shape index (κ3) is 3.36. The van der Waals surface area contributed by atoms with Gasteiger partial charge in [-0.05, 0) is 15.9 Å². The average Bonchev–Trinajstić information content (AvgIpc) is 2.89. The minimum absolute atomic E-state index is 0.0483. The minimum Gasteiger partial charge on any atom is -0.338 e. The summed E-state index contributed by atoms with van der Waals surface area (Å²) in [6.07, 6.45) is 4.97. The maximum Gasteiger partial charge on any atom is 0.244 e. The van der Waals surface area contributed by atoms with Gasteiger partial charge >= 0.3 is 0 Å². The second-order valence-corrected chi connectivity index (χ2v) is 5.49. The summed E-state index contributed by atoms with van der Waals surface area (Å²) in [6.45, 7) is 0.605. The number of hydrogen-bond donors (Lipinski definition) is 0. The molecule has 6 nitrogen and oxygen atoms in total. The quantitative estimate of drug-likeness (QED) is 0.846. The van der Waals surface area contributed by atoms with Crippen molar-refractivity contribution >= 4 is 33.4 Å². The van der Waals surface area contributed by atoms with Crippen molar-refractivity contribution in [3.63, 3.8) is 0 Å². The van der Waals surface area contributed by atoms with Crippen LogP contribution in [0.1, 0.15) is 5.69 Å². The van der Waals surface area contributed by atoms with E-state index in [9.17, 15) is 4.79 Å². The molecule has 0 atom stereocenters. The molecule has 0 aromatic carbocycles. The first-order valence-corrected chi connectivity index (χ1v) is 6.72. The molecule has 0 N–H and O–H groups in total. The second-order valence-electron chi connectivity index (χ2n) is 4.17. The normalized spacial score (nSPS) is 10.7. The maximum absolute atomic E-state index is 12.0. The first-order valence-electron chi connectivity index (χ1n) is 5.55. The smallest absolute Gasteiger partial charge is 0.244 e. The van der Waals surface area contributed by atoms with Crippen molar-refractivity contribution in [1.29, 1.82) is 0 Å². The van der Waals surface area contributed by atoms with E-state index in [1.807, 2.05) is 0 Å². The third-order valence-corrected chi connectivity index (χ3v) is 3.45. The van der Waals surface area contributed by atoms with Gasteiger partial charge in [0.25, 0.3) is 0 Å². The Morgan fingerprint density at radius 3 is 2.74 bits per heavy atom. The Bertz CT molecular complexity index is 574. The van der Waals surface area contributed by atoms with Gasteiger partial charge in [0.15, 0.2) is 0 Å². The Kier molecular flexibility index (Phi) is 4.26. The molecule has 2 aromatic rings. The number of nitrogens with zero attached hydrogens (tertiary/aromatic N) is 5. The number of carbonyl (C=O) groups is 1. The molecule has 0 aliphatic carbocycles. The summed E-state index contributed by atoms with van der Waals surface area (Å²) < 4.78 is 4.09. The highest BCUT2D eigenvalue weighted by Crippen LogP contribution is 2.15. The number of hydrogen-bond acceptors (Lipinski definition) is 3. The molecule has 0 aliphatic heterocycles. The van der Waals surface area contributed by atoms with Crippen LogP contribution >= 0.6 is 27.5 Å². The zero-order valence-corrected chi connectivity index (χ0v) is 12.9. The van der Waals surface area contributed by atoms with E-state index in [1.165, 1.54) is 0 Å². The van der Waals surface area contributed by atoms with Gasteiger partial charge in [0.05, 0.1) is 34.1 Å². The number of carbonyl (C=O) groups excluding carboxylic acids is 1. The van der Waals surface area contributed by atoms with Gasteiger partial charge < -0.3 is 4.90 Å². The Labute approximate surface area is 124 Å². The van der Waals surface area contributed by atoms with Gasteiger partial charge in [-0.15, -0.1) is 0 Å². The van der Waals surface area contributed by atoms with E-state index in [0.29, 0.717) is 11.6 Å². The lowest BCUT2D eigenvalue weighted by Gasteiger charge is -2.17. The van der Waals surface area contributed by atoms with Crippen LogP contribution in [0.25, 0.3) is 0 Å². The molecule has 2 rings (SSSR count). The number of aryl methyl sites for hydroxylation is 1. The molecule has 0 aliphatic rings. The maximum atomic E-state index is 12.0. The van der Waals surface area contributed by atoms with E-state index in [-0.39, 0.29) is 12.5 Å². The number of rotatable bonds is 4. The molecule has 0 saturated carbocycles. The van der Waals surface area contributed by atoms with Crippen molar-refractivity contribution in [2.24, 2.45) is 7.05 Å². The second kappa shape index (κ2) is 5.75. The van der Waals surface area contributed by atoms with Gasteiger partial charge in [0.2, 0.25) is 5.91 Å². The van der Waals surface area contributed by atoms with Crippen molar-refractivity contribution in [3.05, 3.63) is 33.8 Å². The van der Waals surface area contributed by atoms with E-state index >= 15 is 0 Å². The molecule has 0 spiro atoms. The van der Waals surface area contributed by atoms with Crippen LogP contribution in [0.3, 0.4) is 0 Å². The van der Waals surface area contributed by atoms with E-state index < -0.39 is 0 Å². The van der Waals surface area contributed by atoms with Crippen LogP contribution in [0, 0.1) is 0 Å². The predicted octanol–water partition coefficient (Wildman–Crippen LogP) is 1.69. The molecular weight excluding hydrogens is 334 g/mol. The fourth-order valence-corrected chi connectivity index (χ4v) is 2.16. The number of aromatic nitrogens is 4. The lowest BCUT2D eigenvalue weighted by molar-refractivity contribution is -0.131. The van der Waals surface area contributed by atoms with Crippen molar-refractivity contribution in [3.8, 4) is 0 Å². The van der Waals surface area contributed by atoms with E-state index in [1.54, 1.807) is 46.9 Å². The van der Waals surface area contributed by atoms with Crippen LogP contribution < -0.4 is 0 Å². The zero-order valence-electron chi connectivity index (χ0n) is 10.5. The van der Waals surface area contributed by atoms with Crippen molar-refractivity contribution in [1.82, 2.24) is 24.5 Å². The first kappa shape index (κ1) is 14.1. The van der Waals surface area contributed by atoms with Crippen LogP contribution in [0.15, 0.2) is 23.1 Å². The molecule has 2 aromatic heterocycles. The van der Waals surface area contributed by atoms with Gasteiger partial charge in [-0.25, -0.2) is 0 Å². The molecule has 102 valence electrons. The highest BCUT2D eigenvalue weighted by Gasteiger charge is 2.14. The first-order chi connectivity index (χ1) is 8.97. The van der Waals surface area contributed by atoms with Crippen LogP contribution in [0.2, 0.25) is 5.02 Å². The predicted molar refractivity (Wildman–Crippen MR) is 74.6 cm³/mol. The third-order valence-electron chi connectivity index (χ3n) is 2.72. The molecule has 19 heavy (non-hydrogen) atoms. The van der Waals surface area contributed by atoms with Crippen molar-refractivity contribution in [2.75, 3.05) is 7.05 Å². The fraction of sp³-hybridized carbons (Fsp3) is 0.364. The summed E-state index contributed by atoms with van der Waals surface area (Å²) in [6, 6.07) is 0. The van der Waals surface area contributed by atoms with Crippen molar-refractivity contribution in [2.45, 2.75) is 13.1 Å². The molecule has 1 amide bonds. The van der Waals surface area contributed by atoms with E-state index in [2.05, 4.69) is 26.1 Å². The highest BCUT2D eigenvalue weighted by molar-refractivity contribution is 9.10. The standard InChI is InChI=1S/C11H13BrClN5O/c1-16(6-10-9(13)4-14-17(10)2)11(19)7-18-5-8(12)3-15-18/h3-5H,6-7H2,1-2H3. The van der Waals surface area contributed by atoms with E-state index in [0.717, 1.165) is 10.2 Å². The summed E-state index contributed by atoms with van der Waals surface area (Å²) in [5.41, 5.74) is 0.805. The Morgan fingerprint density at radius 1 is 1.47 bits per heavy atom. The van der Waals surface area contributed by atoms with Gasteiger partial charge in [-0.1, -0.05) is 11.6 Å². The molecule has 0 saturated heterocycles. The number of amides is 1.